The van der Waals surface area contributed by atoms with Gasteiger partial charge in [0.25, 0.3) is 0 Å². The maximum atomic E-state index is 13.1. The van der Waals surface area contributed by atoms with E-state index in [9.17, 15) is 4.79 Å². The summed E-state index contributed by atoms with van der Waals surface area (Å²) in [6, 6.07) is 7.59. The van der Waals surface area contributed by atoms with Crippen LogP contribution in [-0.2, 0) is 19.7 Å². The molecule has 2 aliphatic rings. The number of nitrogens with zero attached hydrogens (tertiary/aromatic N) is 2. The molecule has 1 amide bonds. The van der Waals surface area contributed by atoms with Crippen molar-refractivity contribution in [3.8, 4) is 0 Å². The van der Waals surface area contributed by atoms with E-state index in [2.05, 4.69) is 15.3 Å². The summed E-state index contributed by atoms with van der Waals surface area (Å²) in [6.45, 7) is 4.37. The van der Waals surface area contributed by atoms with Crippen LogP contribution >= 0.6 is 23.2 Å². The van der Waals surface area contributed by atoms with E-state index in [4.69, 9.17) is 38.4 Å². The highest BCUT2D eigenvalue weighted by molar-refractivity contribution is 6.30. The zero-order valence-corrected chi connectivity index (χ0v) is 20.6. The van der Waals surface area contributed by atoms with Crippen LogP contribution in [0.1, 0.15) is 32.3 Å². The van der Waals surface area contributed by atoms with Crippen LogP contribution in [0.15, 0.2) is 57.6 Å². The quantitative estimate of drug-likeness (QED) is 0.293. The highest BCUT2D eigenvalue weighted by atomic mass is 35.5. The lowest BCUT2D eigenvalue weighted by Gasteiger charge is -2.21. The second-order valence-electron chi connectivity index (χ2n) is 8.51. The molecule has 3 rings (SSSR count). The van der Waals surface area contributed by atoms with Crippen molar-refractivity contribution < 1.29 is 14.3 Å². The van der Waals surface area contributed by atoms with Crippen molar-refractivity contribution in [1.82, 2.24) is 5.32 Å². The molecule has 0 saturated heterocycles. The second-order valence-corrected chi connectivity index (χ2v) is 9.51. The van der Waals surface area contributed by atoms with Crippen LogP contribution in [0, 0.1) is 5.92 Å². The summed E-state index contributed by atoms with van der Waals surface area (Å²) in [5.74, 6) is 0.512. The van der Waals surface area contributed by atoms with E-state index < -0.39 is 5.41 Å². The van der Waals surface area contributed by atoms with Crippen LogP contribution in [0.5, 0.6) is 0 Å². The predicted octanol–water partition coefficient (Wildman–Crippen LogP) is 3.95. The smallest absolute Gasteiger partial charge is 0.229 e. The molecule has 1 aromatic carbocycles. The molecule has 0 radical (unpaired) electrons. The Morgan fingerprint density at radius 1 is 1.45 bits per heavy atom. The number of carbonyl (C=O) groups is 1. The highest BCUT2D eigenvalue weighted by Gasteiger charge is 2.60. The van der Waals surface area contributed by atoms with Crippen molar-refractivity contribution in [3.05, 3.63) is 58.2 Å². The van der Waals surface area contributed by atoms with Crippen LogP contribution in [0.3, 0.4) is 0 Å². The molecule has 3 unspecified atom stereocenters. The molecular weight excluding hydrogens is 463 g/mol. The number of allylic oxidation sites excluding steroid dienone is 2. The number of hydrogen-bond acceptors (Lipinski definition) is 6. The molecule has 1 aliphatic carbocycles. The largest absolute Gasteiger partial charge is 0.489 e. The third-order valence-corrected chi connectivity index (χ3v) is 6.07. The number of halogens is 2. The molecule has 1 heterocycles. The van der Waals surface area contributed by atoms with Crippen LogP contribution in [0.2, 0.25) is 5.02 Å². The monoisotopic (exact) mass is 492 g/mol. The molecule has 178 valence electrons. The van der Waals surface area contributed by atoms with Crippen LogP contribution < -0.4 is 11.1 Å². The standard InChI is InChI=1S/C24H30Cl2N4O3/c1-15(2)28-12-21(20(27)13-32-3)33-14-24(16-5-4-6-17(25)9-16)10-19(24)23(31)30-22-8-7-18(26)11-29-22/h4-6,8-9,11-12,15,18-19H,7,10,13-14,27H2,1-3H3,(H,30,31)/b21-20+,28-12?. The molecule has 1 aromatic rings. The Morgan fingerprint density at radius 2 is 2.24 bits per heavy atom. The number of nitrogens with one attached hydrogen (secondary N) is 1. The molecule has 9 heteroatoms. The average Bonchev–Trinajstić information content (AvgIpc) is 3.51. The van der Waals surface area contributed by atoms with Gasteiger partial charge in [0.05, 0.1) is 36.4 Å². The van der Waals surface area contributed by atoms with Crippen molar-refractivity contribution in [1.29, 1.82) is 0 Å². The number of hydrogen-bond donors (Lipinski definition) is 2. The summed E-state index contributed by atoms with van der Waals surface area (Å²) in [5, 5.41) is 3.35. The fraction of sp³-hybridized carbons (Fsp3) is 0.458. The zero-order valence-electron chi connectivity index (χ0n) is 19.1. The molecule has 0 aromatic heterocycles. The van der Waals surface area contributed by atoms with Crippen LogP contribution in [-0.4, -0.2) is 50.1 Å². The second kappa shape index (κ2) is 11.2. The van der Waals surface area contributed by atoms with Gasteiger partial charge >= 0.3 is 0 Å². The van der Waals surface area contributed by atoms with E-state index in [-0.39, 0.29) is 36.5 Å². The van der Waals surface area contributed by atoms with E-state index in [0.717, 1.165) is 5.56 Å². The summed E-state index contributed by atoms with van der Waals surface area (Å²) >= 11 is 12.3. The van der Waals surface area contributed by atoms with E-state index in [1.807, 2.05) is 38.1 Å². The molecular formula is C24H30Cl2N4O3. The Morgan fingerprint density at radius 3 is 2.88 bits per heavy atom. The molecule has 0 bridgehead atoms. The number of rotatable bonds is 10. The first-order chi connectivity index (χ1) is 15.7. The maximum Gasteiger partial charge on any atom is 0.229 e. The third-order valence-electron chi connectivity index (χ3n) is 5.55. The molecule has 33 heavy (non-hydrogen) atoms. The normalized spacial score (nSPS) is 25.1. The minimum absolute atomic E-state index is 0.0807. The first kappa shape index (κ1) is 25.3. The summed E-state index contributed by atoms with van der Waals surface area (Å²) in [7, 11) is 1.56. The molecule has 1 aliphatic heterocycles. The van der Waals surface area contributed by atoms with Gasteiger partial charge in [0.1, 0.15) is 5.82 Å². The van der Waals surface area contributed by atoms with Gasteiger partial charge in [-0.1, -0.05) is 23.7 Å². The highest BCUT2D eigenvalue weighted by Crippen LogP contribution is 2.55. The van der Waals surface area contributed by atoms with Crippen molar-refractivity contribution in [2.24, 2.45) is 21.6 Å². The van der Waals surface area contributed by atoms with Gasteiger partial charge in [0, 0.05) is 29.8 Å². The number of carbonyl (C=O) groups excluding carboxylic acids is 1. The summed E-state index contributed by atoms with van der Waals surface area (Å²) in [4.78, 5) is 21.7. The number of nitrogens with two attached hydrogens (primary N) is 1. The minimum Gasteiger partial charge on any atom is -0.489 e. The number of amides is 1. The minimum atomic E-state index is -0.548. The van der Waals surface area contributed by atoms with E-state index in [0.29, 0.717) is 35.1 Å². The topological polar surface area (TPSA) is 98.3 Å². The van der Waals surface area contributed by atoms with Crippen molar-refractivity contribution >= 4 is 41.5 Å². The van der Waals surface area contributed by atoms with Crippen LogP contribution in [0.25, 0.3) is 0 Å². The first-order valence-electron chi connectivity index (χ1n) is 10.8. The van der Waals surface area contributed by atoms with Gasteiger partial charge in [-0.25, -0.2) is 4.99 Å². The van der Waals surface area contributed by atoms with E-state index in [1.54, 1.807) is 25.6 Å². The van der Waals surface area contributed by atoms with Crippen molar-refractivity contribution in [3.63, 3.8) is 0 Å². The fourth-order valence-corrected chi connectivity index (χ4v) is 4.00. The zero-order chi connectivity index (χ0) is 24.0. The first-order valence-corrected chi connectivity index (χ1v) is 11.7. The maximum absolute atomic E-state index is 13.1. The lowest BCUT2D eigenvalue weighted by molar-refractivity contribution is -0.122. The Balaban J connectivity index is 1.82. The number of ether oxygens (including phenoxy) is 2. The number of alkyl halides is 1. The van der Waals surface area contributed by atoms with Gasteiger partial charge < -0.3 is 20.5 Å². The van der Waals surface area contributed by atoms with E-state index in [1.165, 1.54) is 0 Å². The SMILES string of the molecule is COC/C(N)=C(/C=NC(C)C)OCC1(c2cccc(Cl)c2)CC1C(=O)NC1=CCC(Cl)C=N1. The van der Waals surface area contributed by atoms with Crippen molar-refractivity contribution in [2.75, 3.05) is 20.3 Å². The van der Waals surface area contributed by atoms with E-state index >= 15 is 0 Å². The summed E-state index contributed by atoms with van der Waals surface area (Å²) in [6.07, 6.45) is 6.29. The number of methoxy groups -OCH3 is 1. The van der Waals surface area contributed by atoms with Gasteiger partial charge in [-0.05, 0) is 50.5 Å². The Bertz CT molecular complexity index is 990. The molecule has 0 spiro atoms. The molecule has 3 N–H and O–H groups in total. The van der Waals surface area contributed by atoms with Crippen LogP contribution in [0.4, 0.5) is 0 Å². The van der Waals surface area contributed by atoms with Gasteiger partial charge in [-0.15, -0.1) is 11.6 Å². The lowest BCUT2D eigenvalue weighted by Crippen LogP contribution is -2.31. The molecule has 1 fully saturated rings. The molecule has 3 atom stereocenters. The Hall–Kier alpha value is -2.35. The van der Waals surface area contributed by atoms with Gasteiger partial charge in [-0.2, -0.15) is 0 Å². The van der Waals surface area contributed by atoms with Gasteiger partial charge in [-0.3, -0.25) is 9.79 Å². The molecule has 7 nitrogen and oxygen atoms in total. The lowest BCUT2D eigenvalue weighted by atomic mass is 9.93. The van der Waals surface area contributed by atoms with Gasteiger partial charge in [0.2, 0.25) is 5.91 Å². The van der Waals surface area contributed by atoms with Crippen molar-refractivity contribution in [2.45, 2.75) is 43.5 Å². The number of aliphatic imine (C=N–C) groups is 2. The summed E-state index contributed by atoms with van der Waals surface area (Å²) in [5.41, 5.74) is 6.98. The third kappa shape index (κ3) is 6.59. The number of benzene rings is 1. The fourth-order valence-electron chi connectivity index (χ4n) is 3.67. The molecule has 1 saturated carbocycles. The average molecular weight is 493 g/mol. The van der Waals surface area contributed by atoms with Gasteiger partial charge in [0.15, 0.2) is 5.76 Å². The Kier molecular flexibility index (Phi) is 8.57. The summed E-state index contributed by atoms with van der Waals surface area (Å²) < 4.78 is 11.3. The predicted molar refractivity (Wildman–Crippen MR) is 133 cm³/mol. The Labute approximate surface area is 204 Å².